The van der Waals surface area contributed by atoms with Crippen LogP contribution < -0.4 is 15.5 Å². The maximum Gasteiger partial charge on any atom is 0.253 e. The Morgan fingerprint density at radius 1 is 0.938 bits per heavy atom. The Hall–Kier alpha value is -0.340. The first kappa shape index (κ1) is 29.7. The Kier molecular flexibility index (Phi) is 13.1. The van der Waals surface area contributed by atoms with Gasteiger partial charge in [0.15, 0.2) is 0 Å². The van der Waals surface area contributed by atoms with Crippen LogP contribution in [0.5, 0.6) is 0 Å². The van der Waals surface area contributed by atoms with Gasteiger partial charge in [0, 0.05) is 30.6 Å². The van der Waals surface area contributed by atoms with Gasteiger partial charge in [0.2, 0.25) is 5.91 Å². The Morgan fingerprint density at radius 3 is 1.94 bits per heavy atom. The first-order valence-corrected chi connectivity index (χ1v) is 12.8. The zero-order valence-electron chi connectivity index (χ0n) is 17.5. The van der Waals surface area contributed by atoms with Gasteiger partial charge < -0.3 is 36.0 Å². The molecule has 0 bridgehead atoms. The van der Waals surface area contributed by atoms with Crippen LogP contribution in [0.1, 0.15) is 40.5 Å². The van der Waals surface area contributed by atoms with Gasteiger partial charge in [-0.05, 0) is 80.6 Å². The number of anilines is 1. The van der Waals surface area contributed by atoms with Crippen LogP contribution in [0.25, 0.3) is 0 Å². The molecule has 0 radical (unpaired) electrons. The molecule has 1 aromatic carbocycles. The average Bonchev–Trinajstić information content (AvgIpc) is 2.75. The number of hydrogen-bond acceptors (Lipinski definition) is 7. The number of carbonyl (C=O) groups excluding carboxylic acids is 3. The Balaban J connectivity index is 3.59. The van der Waals surface area contributed by atoms with Crippen molar-refractivity contribution in [3.05, 3.63) is 21.8 Å². The first-order valence-electron chi connectivity index (χ1n) is 9.58. The minimum atomic E-state index is -1.14. The summed E-state index contributed by atoms with van der Waals surface area (Å²) in [5.41, 5.74) is 0.801. The highest BCUT2D eigenvalue weighted by Crippen LogP contribution is 2.38. The third-order valence-electron chi connectivity index (χ3n) is 4.46. The number of nitrogens with zero attached hydrogens (tertiary/aromatic N) is 1. The number of hydrogen-bond donors (Lipinski definition) is 6. The molecule has 10 nitrogen and oxygen atoms in total. The summed E-state index contributed by atoms with van der Waals surface area (Å²) in [4.78, 5) is 39.6. The van der Waals surface area contributed by atoms with Crippen LogP contribution in [-0.4, -0.2) is 83.7 Å². The largest absolute Gasteiger partial charge is 0.394 e. The van der Waals surface area contributed by atoms with Crippen LogP contribution >= 0.6 is 67.8 Å². The molecule has 0 aliphatic carbocycles. The predicted molar refractivity (Wildman–Crippen MR) is 144 cm³/mol. The molecule has 0 saturated heterocycles. The highest BCUT2D eigenvalue weighted by molar-refractivity contribution is 14.1. The highest BCUT2D eigenvalue weighted by Gasteiger charge is 2.31. The van der Waals surface area contributed by atoms with Gasteiger partial charge in [-0.2, -0.15) is 0 Å². The maximum absolute atomic E-state index is 13.0. The number of rotatable bonds is 11. The number of carbonyl (C=O) groups is 3. The number of amides is 3. The molecule has 0 spiro atoms. The molecular formula is C19H26I3N3O7. The molecule has 2 unspecified atom stereocenters. The molecular weight excluding hydrogens is 763 g/mol. The molecule has 0 heterocycles. The number of benzene rings is 1. The lowest BCUT2D eigenvalue weighted by molar-refractivity contribution is -0.116. The zero-order chi connectivity index (χ0) is 24.6. The SMILES string of the molecule is CNC(=O)c1c(I)c(C(=O)NCC(O)CO)c(I)c(N(CCCC(O)CO)C(C)=O)c1I. The molecule has 1 rings (SSSR count). The maximum atomic E-state index is 13.0. The summed E-state index contributed by atoms with van der Waals surface area (Å²) in [6.07, 6.45) is -1.38. The van der Waals surface area contributed by atoms with E-state index >= 15 is 0 Å². The third-order valence-corrected chi connectivity index (χ3v) is 7.64. The highest BCUT2D eigenvalue weighted by atomic mass is 127. The Labute approximate surface area is 226 Å². The smallest absolute Gasteiger partial charge is 0.253 e. The molecule has 3 amide bonds. The van der Waals surface area contributed by atoms with Crippen molar-refractivity contribution in [3.63, 3.8) is 0 Å². The van der Waals surface area contributed by atoms with Gasteiger partial charge in [-0.25, -0.2) is 0 Å². The van der Waals surface area contributed by atoms with E-state index < -0.39 is 30.6 Å². The van der Waals surface area contributed by atoms with Crippen LogP contribution in [0.3, 0.4) is 0 Å². The molecule has 0 aromatic heterocycles. The fourth-order valence-electron chi connectivity index (χ4n) is 2.78. The molecule has 180 valence electrons. The molecule has 6 N–H and O–H groups in total. The van der Waals surface area contributed by atoms with Crippen molar-refractivity contribution < 1.29 is 34.8 Å². The predicted octanol–water partition coefficient (Wildman–Crippen LogP) is 0.429. The number of nitrogens with one attached hydrogen (secondary N) is 2. The van der Waals surface area contributed by atoms with E-state index in [1.54, 1.807) is 0 Å². The number of halogens is 3. The van der Waals surface area contributed by atoms with Crippen molar-refractivity contribution in [3.8, 4) is 0 Å². The normalized spacial score (nSPS) is 12.8. The van der Waals surface area contributed by atoms with Gasteiger partial charge in [0.05, 0.1) is 49.4 Å². The minimum absolute atomic E-state index is 0.173. The number of aliphatic hydroxyl groups excluding tert-OH is 4. The van der Waals surface area contributed by atoms with E-state index in [9.17, 15) is 24.6 Å². The van der Waals surface area contributed by atoms with E-state index in [1.165, 1.54) is 18.9 Å². The summed E-state index contributed by atoms with van der Waals surface area (Å²) in [7, 11) is 1.46. The van der Waals surface area contributed by atoms with Crippen molar-refractivity contribution in [1.29, 1.82) is 0 Å². The van der Waals surface area contributed by atoms with Crippen molar-refractivity contribution in [2.75, 3.05) is 38.3 Å². The van der Waals surface area contributed by atoms with Crippen LogP contribution in [0, 0.1) is 10.7 Å². The Morgan fingerprint density at radius 2 is 1.47 bits per heavy atom. The van der Waals surface area contributed by atoms with Crippen molar-refractivity contribution in [1.82, 2.24) is 10.6 Å². The molecule has 0 aliphatic rings. The lowest BCUT2D eigenvalue weighted by Crippen LogP contribution is -2.37. The Bertz CT molecular complexity index is 854. The van der Waals surface area contributed by atoms with Crippen molar-refractivity contribution >= 4 is 91.2 Å². The van der Waals surface area contributed by atoms with Crippen molar-refractivity contribution in [2.24, 2.45) is 0 Å². The van der Waals surface area contributed by atoms with E-state index in [0.29, 0.717) is 22.8 Å². The lowest BCUT2D eigenvalue weighted by Gasteiger charge is -2.27. The van der Waals surface area contributed by atoms with E-state index in [1.807, 2.05) is 67.8 Å². The number of aliphatic hydroxyl groups is 4. The summed E-state index contributed by atoms with van der Waals surface area (Å²) >= 11 is 5.83. The fourth-order valence-corrected chi connectivity index (χ4v) is 7.51. The topological polar surface area (TPSA) is 159 Å². The fraction of sp³-hybridized carbons (Fsp3) is 0.526. The molecule has 2 atom stereocenters. The summed E-state index contributed by atoms with van der Waals surface area (Å²) in [6, 6.07) is 0. The zero-order valence-corrected chi connectivity index (χ0v) is 24.0. The van der Waals surface area contributed by atoms with Crippen LogP contribution in [0.15, 0.2) is 0 Å². The summed E-state index contributed by atoms with van der Waals surface area (Å²) in [5, 5.41) is 42.3. The molecule has 32 heavy (non-hydrogen) atoms. The first-order chi connectivity index (χ1) is 15.0. The minimum Gasteiger partial charge on any atom is -0.394 e. The molecule has 0 aliphatic heterocycles. The second-order valence-electron chi connectivity index (χ2n) is 6.82. The average molecular weight is 789 g/mol. The standard InChI is InChI=1S/C19H26I3N3O7/c1-9(28)25(5-3-4-10(29)7-26)17-15(21)12(18(31)23-2)14(20)13(16(17)22)19(32)24-6-11(30)8-27/h10-11,26-27,29-30H,3-8H2,1-2H3,(H,23,31)(H,24,32). The van der Waals surface area contributed by atoms with Crippen LogP contribution in [0.4, 0.5) is 5.69 Å². The van der Waals surface area contributed by atoms with Crippen molar-refractivity contribution in [2.45, 2.75) is 32.0 Å². The second-order valence-corrected chi connectivity index (χ2v) is 10.1. The monoisotopic (exact) mass is 789 g/mol. The van der Waals surface area contributed by atoms with Gasteiger partial charge in [0.1, 0.15) is 0 Å². The summed E-state index contributed by atoms with van der Waals surface area (Å²) in [5.74, 6) is -1.31. The van der Waals surface area contributed by atoms with Gasteiger partial charge in [-0.1, -0.05) is 0 Å². The molecule has 13 heteroatoms. The summed E-state index contributed by atoms with van der Waals surface area (Å²) < 4.78 is 1.31. The third kappa shape index (κ3) is 7.59. The van der Waals surface area contributed by atoms with Crippen LogP contribution in [0.2, 0.25) is 0 Å². The quantitative estimate of drug-likeness (QED) is 0.178. The summed E-state index contributed by atoms with van der Waals surface area (Å²) in [6.45, 7) is 0.477. The van der Waals surface area contributed by atoms with E-state index in [-0.39, 0.29) is 43.2 Å². The second kappa shape index (κ2) is 14.1. The van der Waals surface area contributed by atoms with Gasteiger partial charge in [-0.3, -0.25) is 14.4 Å². The molecule has 1 aromatic rings. The van der Waals surface area contributed by atoms with Gasteiger partial charge >= 0.3 is 0 Å². The molecule has 0 saturated carbocycles. The molecule has 0 fully saturated rings. The van der Waals surface area contributed by atoms with Crippen LogP contribution in [-0.2, 0) is 4.79 Å². The lowest BCUT2D eigenvalue weighted by atomic mass is 10.1. The van der Waals surface area contributed by atoms with Gasteiger partial charge in [-0.15, -0.1) is 0 Å². The van der Waals surface area contributed by atoms with E-state index in [2.05, 4.69) is 10.6 Å². The van der Waals surface area contributed by atoms with E-state index in [0.717, 1.165) is 0 Å². The van der Waals surface area contributed by atoms with Gasteiger partial charge in [0.25, 0.3) is 11.8 Å². The van der Waals surface area contributed by atoms with E-state index in [4.69, 9.17) is 10.2 Å².